The summed E-state index contributed by atoms with van der Waals surface area (Å²) in [5.41, 5.74) is 3.24. The van der Waals surface area contributed by atoms with E-state index in [-0.39, 0.29) is 24.0 Å². The van der Waals surface area contributed by atoms with Gasteiger partial charge in [0, 0.05) is 30.5 Å². The predicted molar refractivity (Wildman–Crippen MR) is 142 cm³/mol. The number of nitrogens with zero attached hydrogens (tertiary/aromatic N) is 2. The number of rotatable bonds is 10. The van der Waals surface area contributed by atoms with Gasteiger partial charge in [0.15, 0.2) is 0 Å². The number of unbranched alkanes of at least 4 members (excludes halogenated alkanes) is 1. The van der Waals surface area contributed by atoms with Crippen LogP contribution in [-0.4, -0.2) is 46.9 Å². The number of carbonyl (C=O) groups excluding carboxylic acids is 3. The van der Waals surface area contributed by atoms with Crippen molar-refractivity contribution in [3.05, 3.63) is 51.5 Å². The van der Waals surface area contributed by atoms with Crippen LogP contribution < -0.4 is 5.32 Å². The van der Waals surface area contributed by atoms with Crippen LogP contribution in [-0.2, 0) is 11.3 Å². The average Bonchev–Trinajstić information content (AvgIpc) is 3.32. The second-order valence-electron chi connectivity index (χ2n) is 8.41. The van der Waals surface area contributed by atoms with Gasteiger partial charge in [0.05, 0.1) is 17.0 Å². The number of nitrogens with one attached hydrogen (secondary N) is 1. The molecule has 35 heavy (non-hydrogen) atoms. The molecule has 0 aliphatic heterocycles. The molecule has 3 aromatic rings. The van der Waals surface area contributed by atoms with Crippen LogP contribution in [0.3, 0.4) is 0 Å². The topological polar surface area (TPSA) is 80.6 Å². The Morgan fingerprint density at radius 1 is 1.03 bits per heavy atom. The van der Waals surface area contributed by atoms with Gasteiger partial charge < -0.3 is 19.5 Å². The molecule has 7 nitrogen and oxygen atoms in total. The third-order valence-corrected chi connectivity index (χ3v) is 7.47. The zero-order valence-corrected chi connectivity index (χ0v) is 22.3. The molecular formula is C27H35N3O4S. The highest BCUT2D eigenvalue weighted by Crippen LogP contribution is 2.36. The van der Waals surface area contributed by atoms with Gasteiger partial charge in [-0.3, -0.25) is 9.59 Å². The Hall–Kier alpha value is -3.13. The first kappa shape index (κ1) is 26.5. The Morgan fingerprint density at radius 3 is 2.34 bits per heavy atom. The number of esters is 1. The first-order valence-electron chi connectivity index (χ1n) is 12.3. The molecule has 188 valence electrons. The molecular weight excluding hydrogens is 462 g/mol. The molecule has 0 spiro atoms. The van der Waals surface area contributed by atoms with Crippen LogP contribution in [0.4, 0.5) is 5.00 Å². The van der Waals surface area contributed by atoms with Gasteiger partial charge in [0.2, 0.25) is 0 Å². The van der Waals surface area contributed by atoms with E-state index in [1.54, 1.807) is 18.7 Å². The van der Waals surface area contributed by atoms with Crippen LogP contribution in [0.25, 0.3) is 10.9 Å². The molecule has 2 aromatic heterocycles. The van der Waals surface area contributed by atoms with E-state index in [4.69, 9.17) is 4.74 Å². The van der Waals surface area contributed by atoms with Crippen molar-refractivity contribution in [2.24, 2.45) is 0 Å². The second-order valence-corrected chi connectivity index (χ2v) is 9.43. The highest BCUT2D eigenvalue weighted by atomic mass is 32.1. The largest absolute Gasteiger partial charge is 0.462 e. The third-order valence-electron chi connectivity index (χ3n) is 6.27. The molecule has 8 heteroatoms. The van der Waals surface area contributed by atoms with Gasteiger partial charge in [-0.15, -0.1) is 11.3 Å². The highest BCUT2D eigenvalue weighted by molar-refractivity contribution is 7.18. The Bertz CT molecular complexity index is 1240. The number of benzene rings is 1. The van der Waals surface area contributed by atoms with Gasteiger partial charge in [-0.2, -0.15) is 0 Å². The number of fused-ring (bicyclic) bond motifs is 1. The minimum atomic E-state index is -0.543. The fourth-order valence-electron chi connectivity index (χ4n) is 4.39. The van der Waals surface area contributed by atoms with E-state index in [0.29, 0.717) is 40.8 Å². The lowest BCUT2D eigenvalue weighted by Crippen LogP contribution is -2.30. The van der Waals surface area contributed by atoms with Gasteiger partial charge in [-0.05, 0) is 58.2 Å². The van der Waals surface area contributed by atoms with Crippen LogP contribution in [0.15, 0.2) is 24.3 Å². The lowest BCUT2D eigenvalue weighted by molar-refractivity contribution is 0.0527. The van der Waals surface area contributed by atoms with Crippen molar-refractivity contribution < 1.29 is 19.1 Å². The first-order valence-corrected chi connectivity index (χ1v) is 13.1. The number of hydrogen-bond donors (Lipinski definition) is 1. The van der Waals surface area contributed by atoms with Gasteiger partial charge in [-0.25, -0.2) is 4.79 Å². The molecule has 0 bridgehead atoms. The number of ether oxygens (including phenoxy) is 1. The van der Waals surface area contributed by atoms with E-state index in [1.807, 2.05) is 45.0 Å². The summed E-state index contributed by atoms with van der Waals surface area (Å²) in [6.45, 7) is 13.4. The molecule has 1 N–H and O–H groups in total. The van der Waals surface area contributed by atoms with Crippen LogP contribution in [0.2, 0.25) is 0 Å². The fraction of sp³-hybridized carbons (Fsp3) is 0.444. The van der Waals surface area contributed by atoms with Gasteiger partial charge in [0.25, 0.3) is 11.8 Å². The van der Waals surface area contributed by atoms with Crippen molar-refractivity contribution >= 4 is 45.0 Å². The minimum absolute atomic E-state index is 0.156. The molecule has 2 amide bonds. The van der Waals surface area contributed by atoms with E-state index in [2.05, 4.69) is 16.8 Å². The van der Waals surface area contributed by atoms with Crippen molar-refractivity contribution in [2.75, 3.05) is 25.0 Å². The fourth-order valence-corrected chi connectivity index (χ4v) is 5.55. The standard InChI is InChI=1S/C27H35N3O4S/c1-7-11-16-30-20-15-13-12-14-19(20)17(5)22(30)24(31)28-25-21(27(33)34-10-4)18(6)23(35-25)26(32)29(8-2)9-3/h12-15H,7-11,16H2,1-6H3,(H,28,31). The SMILES string of the molecule is CCCCn1c(C(=O)Nc2sc(C(=O)N(CC)CC)c(C)c2C(=O)OCC)c(C)c2ccccc21. The highest BCUT2D eigenvalue weighted by Gasteiger charge is 2.29. The number of aromatic nitrogens is 1. The molecule has 0 fully saturated rings. The second kappa shape index (κ2) is 11.5. The maximum atomic E-state index is 13.7. The summed E-state index contributed by atoms with van der Waals surface area (Å²) in [6, 6.07) is 7.98. The zero-order chi connectivity index (χ0) is 25.7. The number of carbonyl (C=O) groups is 3. The number of aryl methyl sites for hydroxylation is 2. The van der Waals surface area contributed by atoms with Gasteiger partial charge in [-0.1, -0.05) is 31.5 Å². The van der Waals surface area contributed by atoms with Crippen LogP contribution in [0.1, 0.15) is 82.2 Å². The summed E-state index contributed by atoms with van der Waals surface area (Å²) in [5.74, 6) is -1.00. The van der Waals surface area contributed by atoms with Crippen molar-refractivity contribution in [3.8, 4) is 0 Å². The Labute approximate surface area is 211 Å². The Balaban J connectivity index is 2.10. The van der Waals surface area contributed by atoms with Crippen LogP contribution in [0, 0.1) is 13.8 Å². The summed E-state index contributed by atoms with van der Waals surface area (Å²) in [7, 11) is 0. The maximum Gasteiger partial charge on any atom is 0.341 e. The molecule has 3 rings (SSSR count). The number of thiophene rings is 1. The summed E-state index contributed by atoms with van der Waals surface area (Å²) in [4.78, 5) is 41.8. The quantitative estimate of drug-likeness (QED) is 0.347. The van der Waals surface area contributed by atoms with E-state index in [0.717, 1.165) is 40.6 Å². The summed E-state index contributed by atoms with van der Waals surface area (Å²) in [6.07, 6.45) is 1.94. The van der Waals surface area contributed by atoms with Crippen LogP contribution in [0.5, 0.6) is 0 Å². The molecule has 0 atom stereocenters. The maximum absolute atomic E-state index is 13.7. The molecule has 0 saturated carbocycles. The summed E-state index contributed by atoms with van der Waals surface area (Å²) < 4.78 is 7.33. The number of anilines is 1. The van der Waals surface area contributed by atoms with Gasteiger partial charge in [0.1, 0.15) is 10.7 Å². The smallest absolute Gasteiger partial charge is 0.341 e. The number of hydrogen-bond acceptors (Lipinski definition) is 5. The van der Waals surface area contributed by atoms with Crippen molar-refractivity contribution in [2.45, 2.75) is 60.9 Å². The van der Waals surface area contributed by atoms with E-state index >= 15 is 0 Å². The normalized spacial score (nSPS) is 11.0. The van der Waals surface area contributed by atoms with Crippen LogP contribution >= 0.6 is 11.3 Å². The van der Waals surface area contributed by atoms with E-state index < -0.39 is 5.97 Å². The summed E-state index contributed by atoms with van der Waals surface area (Å²) >= 11 is 1.13. The predicted octanol–water partition coefficient (Wildman–Crippen LogP) is 6.03. The van der Waals surface area contributed by atoms with E-state index in [1.165, 1.54) is 0 Å². The van der Waals surface area contributed by atoms with Crippen molar-refractivity contribution in [1.82, 2.24) is 9.47 Å². The molecule has 1 aromatic carbocycles. The number of amides is 2. The molecule has 0 unspecified atom stereocenters. The van der Waals surface area contributed by atoms with Crippen molar-refractivity contribution in [1.29, 1.82) is 0 Å². The third kappa shape index (κ3) is 5.12. The number of para-hydroxylation sites is 1. The van der Waals surface area contributed by atoms with E-state index in [9.17, 15) is 14.4 Å². The monoisotopic (exact) mass is 497 g/mol. The lowest BCUT2D eigenvalue weighted by Gasteiger charge is -2.18. The Kier molecular flexibility index (Phi) is 8.72. The zero-order valence-electron chi connectivity index (χ0n) is 21.5. The van der Waals surface area contributed by atoms with Crippen molar-refractivity contribution in [3.63, 3.8) is 0 Å². The molecule has 2 heterocycles. The average molecular weight is 498 g/mol. The molecule has 0 radical (unpaired) electrons. The minimum Gasteiger partial charge on any atom is -0.462 e. The Morgan fingerprint density at radius 2 is 1.71 bits per heavy atom. The molecule has 0 aliphatic carbocycles. The lowest BCUT2D eigenvalue weighted by atomic mass is 10.1. The molecule has 0 saturated heterocycles. The van der Waals surface area contributed by atoms with Gasteiger partial charge >= 0.3 is 5.97 Å². The first-order chi connectivity index (χ1) is 16.8. The summed E-state index contributed by atoms with van der Waals surface area (Å²) in [5, 5.41) is 4.33. The molecule has 0 aliphatic rings.